The normalized spacial score (nSPS) is 21.2. The van der Waals surface area contributed by atoms with Gasteiger partial charge in [0.1, 0.15) is 5.00 Å². The van der Waals surface area contributed by atoms with E-state index in [1.54, 1.807) is 6.07 Å². The summed E-state index contributed by atoms with van der Waals surface area (Å²) in [5.41, 5.74) is 5.67. The molecule has 1 saturated carbocycles. The van der Waals surface area contributed by atoms with Crippen LogP contribution in [0, 0.1) is 11.8 Å². The van der Waals surface area contributed by atoms with Crippen molar-refractivity contribution in [3.63, 3.8) is 0 Å². The first-order valence-electron chi connectivity index (χ1n) is 7.78. The van der Waals surface area contributed by atoms with Crippen molar-refractivity contribution in [2.75, 3.05) is 5.32 Å². The summed E-state index contributed by atoms with van der Waals surface area (Å²) >= 11 is 1.32. The van der Waals surface area contributed by atoms with E-state index in [1.165, 1.54) is 11.3 Å². The highest BCUT2D eigenvalue weighted by molar-refractivity contribution is 7.16. The maximum absolute atomic E-state index is 12.5. The summed E-state index contributed by atoms with van der Waals surface area (Å²) in [6, 6.07) is 1.70. The fraction of sp³-hybridized carbons (Fsp3) is 0.562. The SMILES string of the molecule is CC(C)c1cc(C(N)=O)c(NC(=O)[C@H]2CCCC[C@@H]2C(=O)O)s1. The van der Waals surface area contributed by atoms with Gasteiger partial charge in [-0.05, 0) is 24.8 Å². The Hall–Kier alpha value is -1.89. The Kier molecular flexibility index (Phi) is 5.41. The van der Waals surface area contributed by atoms with Crippen molar-refractivity contribution < 1.29 is 19.5 Å². The third kappa shape index (κ3) is 3.90. The van der Waals surface area contributed by atoms with Crippen LogP contribution in [0.25, 0.3) is 0 Å². The van der Waals surface area contributed by atoms with E-state index in [1.807, 2.05) is 13.8 Å². The van der Waals surface area contributed by atoms with Crippen molar-refractivity contribution in [2.45, 2.75) is 45.4 Å². The van der Waals surface area contributed by atoms with Gasteiger partial charge >= 0.3 is 5.97 Å². The second-order valence-electron chi connectivity index (χ2n) is 6.24. The van der Waals surface area contributed by atoms with Crippen LogP contribution in [0.2, 0.25) is 0 Å². The highest BCUT2D eigenvalue weighted by Gasteiger charge is 2.36. The number of anilines is 1. The van der Waals surface area contributed by atoms with Crippen LogP contribution in [0.3, 0.4) is 0 Å². The van der Waals surface area contributed by atoms with Crippen molar-refractivity contribution >= 4 is 34.1 Å². The molecule has 2 rings (SSSR count). The number of nitrogens with one attached hydrogen (secondary N) is 1. The van der Waals surface area contributed by atoms with E-state index in [0.717, 1.165) is 17.7 Å². The van der Waals surface area contributed by atoms with Gasteiger partial charge in [0, 0.05) is 4.88 Å². The summed E-state index contributed by atoms with van der Waals surface area (Å²) in [6.07, 6.45) is 2.73. The minimum Gasteiger partial charge on any atom is -0.481 e. The Morgan fingerprint density at radius 3 is 2.39 bits per heavy atom. The second-order valence-corrected chi connectivity index (χ2v) is 7.32. The molecule has 0 bridgehead atoms. The zero-order valence-electron chi connectivity index (χ0n) is 13.3. The van der Waals surface area contributed by atoms with Crippen LogP contribution >= 0.6 is 11.3 Å². The minimum atomic E-state index is -0.936. The molecule has 6 nitrogen and oxygen atoms in total. The van der Waals surface area contributed by atoms with Gasteiger partial charge in [-0.2, -0.15) is 0 Å². The van der Waals surface area contributed by atoms with E-state index in [0.29, 0.717) is 17.8 Å². The molecule has 0 aliphatic heterocycles. The van der Waals surface area contributed by atoms with Crippen LogP contribution in [-0.2, 0) is 9.59 Å². The summed E-state index contributed by atoms with van der Waals surface area (Å²) < 4.78 is 0. The van der Waals surface area contributed by atoms with Crippen LogP contribution in [0.4, 0.5) is 5.00 Å². The predicted octanol–water partition coefficient (Wildman–Crippen LogP) is 2.80. The summed E-state index contributed by atoms with van der Waals surface area (Å²) in [7, 11) is 0. The predicted molar refractivity (Wildman–Crippen MR) is 88.6 cm³/mol. The molecule has 2 atom stereocenters. The third-order valence-corrected chi connectivity index (χ3v) is 5.59. The topological polar surface area (TPSA) is 109 Å². The molecule has 1 aliphatic rings. The molecule has 0 unspecified atom stereocenters. The molecule has 1 aromatic heterocycles. The van der Waals surface area contributed by atoms with Crippen LogP contribution in [0.1, 0.15) is 60.7 Å². The number of carboxylic acids is 1. The van der Waals surface area contributed by atoms with Gasteiger partial charge in [-0.1, -0.05) is 26.7 Å². The molecular weight excluding hydrogens is 316 g/mol. The van der Waals surface area contributed by atoms with E-state index in [4.69, 9.17) is 5.73 Å². The fourth-order valence-electron chi connectivity index (χ4n) is 2.92. The molecule has 1 aromatic rings. The number of amides is 2. The molecule has 0 spiro atoms. The highest BCUT2D eigenvalue weighted by atomic mass is 32.1. The van der Waals surface area contributed by atoms with Crippen molar-refractivity contribution in [3.8, 4) is 0 Å². The Morgan fingerprint density at radius 2 is 1.87 bits per heavy atom. The van der Waals surface area contributed by atoms with E-state index >= 15 is 0 Å². The molecular formula is C16H22N2O4S. The highest BCUT2D eigenvalue weighted by Crippen LogP contribution is 2.35. The number of aliphatic carboxylic acids is 1. The van der Waals surface area contributed by atoms with Gasteiger partial charge in [-0.25, -0.2) is 0 Å². The lowest BCUT2D eigenvalue weighted by Crippen LogP contribution is -2.36. The summed E-state index contributed by atoms with van der Waals surface area (Å²) in [6.45, 7) is 3.98. The number of nitrogens with two attached hydrogens (primary N) is 1. The van der Waals surface area contributed by atoms with Gasteiger partial charge < -0.3 is 16.2 Å². The average Bonchev–Trinajstić information content (AvgIpc) is 2.91. The lowest BCUT2D eigenvalue weighted by molar-refractivity contribution is -0.147. The molecule has 2 amide bonds. The summed E-state index contributed by atoms with van der Waals surface area (Å²) in [5, 5.41) is 12.4. The van der Waals surface area contributed by atoms with E-state index < -0.39 is 23.7 Å². The second kappa shape index (κ2) is 7.12. The number of primary amides is 1. The van der Waals surface area contributed by atoms with Gasteiger partial charge in [0.05, 0.1) is 17.4 Å². The number of hydrogen-bond donors (Lipinski definition) is 3. The average molecular weight is 338 g/mol. The molecule has 4 N–H and O–H groups in total. The standard InChI is InChI=1S/C16H22N2O4S/c1-8(2)12-7-11(13(17)19)15(23-12)18-14(20)9-5-3-4-6-10(9)16(21)22/h7-10H,3-6H2,1-2H3,(H2,17,19)(H,18,20)(H,21,22)/t9-,10-/m0/s1. The van der Waals surface area contributed by atoms with Crippen LogP contribution in [-0.4, -0.2) is 22.9 Å². The Labute approximate surface area is 139 Å². The van der Waals surface area contributed by atoms with E-state index in [2.05, 4.69) is 5.32 Å². The smallest absolute Gasteiger partial charge is 0.307 e. The fourth-order valence-corrected chi connectivity index (χ4v) is 3.98. The van der Waals surface area contributed by atoms with Gasteiger partial charge in [0.25, 0.3) is 5.91 Å². The minimum absolute atomic E-state index is 0.213. The third-order valence-electron chi connectivity index (χ3n) is 4.24. The number of rotatable bonds is 5. The summed E-state index contributed by atoms with van der Waals surface area (Å²) in [4.78, 5) is 36.4. The van der Waals surface area contributed by atoms with Crippen molar-refractivity contribution in [1.29, 1.82) is 0 Å². The van der Waals surface area contributed by atoms with Crippen molar-refractivity contribution in [1.82, 2.24) is 0 Å². The van der Waals surface area contributed by atoms with Crippen LogP contribution < -0.4 is 11.1 Å². The Bertz CT molecular complexity index is 624. The number of thiophene rings is 1. The zero-order valence-corrected chi connectivity index (χ0v) is 14.1. The molecule has 7 heteroatoms. The monoisotopic (exact) mass is 338 g/mol. The number of carboxylic acid groups (broad SMARTS) is 1. The molecule has 1 fully saturated rings. The Balaban J connectivity index is 2.22. The van der Waals surface area contributed by atoms with Gasteiger partial charge in [0.15, 0.2) is 0 Å². The maximum atomic E-state index is 12.5. The Morgan fingerprint density at radius 1 is 1.26 bits per heavy atom. The molecule has 23 heavy (non-hydrogen) atoms. The summed E-state index contributed by atoms with van der Waals surface area (Å²) in [5.74, 6) is -2.88. The van der Waals surface area contributed by atoms with E-state index in [9.17, 15) is 19.5 Å². The molecule has 0 saturated heterocycles. The number of carbonyl (C=O) groups excluding carboxylic acids is 2. The lowest BCUT2D eigenvalue weighted by Gasteiger charge is -2.27. The molecule has 0 aromatic carbocycles. The quantitative estimate of drug-likeness (QED) is 0.766. The first-order valence-corrected chi connectivity index (χ1v) is 8.60. The zero-order chi connectivity index (χ0) is 17.1. The maximum Gasteiger partial charge on any atom is 0.307 e. The van der Waals surface area contributed by atoms with Crippen molar-refractivity contribution in [2.24, 2.45) is 17.6 Å². The molecule has 1 aliphatic carbocycles. The molecule has 1 heterocycles. The molecule has 126 valence electrons. The number of carbonyl (C=O) groups is 3. The number of hydrogen-bond acceptors (Lipinski definition) is 4. The van der Waals surface area contributed by atoms with Gasteiger partial charge in [0.2, 0.25) is 5.91 Å². The van der Waals surface area contributed by atoms with E-state index in [-0.39, 0.29) is 17.4 Å². The lowest BCUT2D eigenvalue weighted by atomic mass is 9.79. The first kappa shape index (κ1) is 17.5. The van der Waals surface area contributed by atoms with Crippen LogP contribution in [0.5, 0.6) is 0 Å². The first-order chi connectivity index (χ1) is 10.8. The van der Waals surface area contributed by atoms with Crippen LogP contribution in [0.15, 0.2) is 6.07 Å². The van der Waals surface area contributed by atoms with Gasteiger partial charge in [-0.15, -0.1) is 11.3 Å². The van der Waals surface area contributed by atoms with Crippen molar-refractivity contribution in [3.05, 3.63) is 16.5 Å². The van der Waals surface area contributed by atoms with Gasteiger partial charge in [-0.3, -0.25) is 14.4 Å². The molecule has 0 radical (unpaired) electrons. The largest absolute Gasteiger partial charge is 0.481 e.